The van der Waals surface area contributed by atoms with Crippen molar-refractivity contribution in [2.24, 2.45) is 0 Å². The lowest BCUT2D eigenvalue weighted by Gasteiger charge is -2.18. The third-order valence-corrected chi connectivity index (χ3v) is 3.43. The Morgan fingerprint density at radius 3 is 2.57 bits per heavy atom. The van der Waals surface area contributed by atoms with E-state index in [1.807, 2.05) is 36.4 Å². The monoisotopic (exact) mass is 278 g/mol. The fourth-order valence-corrected chi connectivity index (χ4v) is 2.25. The third kappa shape index (κ3) is 2.31. The topological polar surface area (TPSA) is 53.4 Å². The van der Waals surface area contributed by atoms with Crippen molar-refractivity contribution in [3.63, 3.8) is 0 Å². The molecular weight excluding hydrogens is 264 g/mol. The number of carbonyl (C=O) groups excluding carboxylic acids is 1. The highest BCUT2D eigenvalue weighted by molar-refractivity contribution is 6.10. The van der Waals surface area contributed by atoms with Crippen molar-refractivity contribution in [1.82, 2.24) is 4.98 Å². The van der Waals surface area contributed by atoms with Gasteiger partial charge in [0.25, 0.3) is 5.91 Å². The van der Waals surface area contributed by atoms with Gasteiger partial charge in [0.15, 0.2) is 5.75 Å². The zero-order chi connectivity index (χ0) is 14.8. The number of phenolic OH excluding ortho intramolecular Hbond substituents is 1. The Morgan fingerprint density at radius 2 is 1.81 bits per heavy atom. The van der Waals surface area contributed by atoms with Crippen molar-refractivity contribution in [2.45, 2.75) is 0 Å². The molecule has 4 heteroatoms. The molecule has 3 aromatic rings. The molecule has 1 heterocycles. The van der Waals surface area contributed by atoms with E-state index < -0.39 is 0 Å². The lowest BCUT2D eigenvalue weighted by Crippen LogP contribution is -2.26. The number of phenols is 1. The average Bonchev–Trinajstić information content (AvgIpc) is 2.55. The van der Waals surface area contributed by atoms with Gasteiger partial charge in [0.2, 0.25) is 0 Å². The van der Waals surface area contributed by atoms with E-state index in [0.717, 1.165) is 11.1 Å². The van der Waals surface area contributed by atoms with Crippen LogP contribution in [0.2, 0.25) is 0 Å². The molecule has 1 aromatic heterocycles. The third-order valence-electron chi connectivity index (χ3n) is 3.43. The fraction of sp³-hybridized carbons (Fsp3) is 0.0588. The molecule has 0 aliphatic carbocycles. The minimum absolute atomic E-state index is 0.0825. The van der Waals surface area contributed by atoms with Crippen LogP contribution in [-0.4, -0.2) is 23.0 Å². The molecule has 0 aliphatic rings. The van der Waals surface area contributed by atoms with Crippen molar-refractivity contribution in [1.29, 1.82) is 0 Å². The van der Waals surface area contributed by atoms with Crippen LogP contribution >= 0.6 is 0 Å². The molecule has 0 fully saturated rings. The summed E-state index contributed by atoms with van der Waals surface area (Å²) in [5.41, 5.74) is 1.44. The van der Waals surface area contributed by atoms with Crippen LogP contribution in [0.15, 0.2) is 60.8 Å². The second kappa shape index (κ2) is 5.25. The van der Waals surface area contributed by atoms with Crippen molar-refractivity contribution in [3.8, 4) is 5.75 Å². The summed E-state index contributed by atoms with van der Waals surface area (Å²) >= 11 is 0. The quantitative estimate of drug-likeness (QED) is 0.783. The lowest BCUT2D eigenvalue weighted by atomic mass is 10.1. The first kappa shape index (κ1) is 13.1. The van der Waals surface area contributed by atoms with Gasteiger partial charge in [-0.3, -0.25) is 9.78 Å². The second-order valence-corrected chi connectivity index (χ2v) is 4.74. The summed E-state index contributed by atoms with van der Waals surface area (Å²) in [6.07, 6.45) is 1.59. The minimum Gasteiger partial charge on any atom is -0.505 e. The van der Waals surface area contributed by atoms with Crippen molar-refractivity contribution in [3.05, 3.63) is 66.4 Å². The van der Waals surface area contributed by atoms with E-state index in [1.54, 1.807) is 31.4 Å². The van der Waals surface area contributed by atoms with Gasteiger partial charge in [0.1, 0.15) is 5.52 Å². The van der Waals surface area contributed by atoms with Gasteiger partial charge >= 0.3 is 0 Å². The first-order chi connectivity index (χ1) is 10.2. The molecule has 1 amide bonds. The number of hydrogen-bond donors (Lipinski definition) is 1. The van der Waals surface area contributed by atoms with Crippen LogP contribution in [0.25, 0.3) is 10.9 Å². The molecule has 104 valence electrons. The maximum Gasteiger partial charge on any atom is 0.261 e. The standard InChI is InChI=1S/C17H14N2O2/c1-19(13-7-3-2-4-8-13)17(21)14-10-9-12-6-5-11-18-15(12)16(14)20/h2-11,20H,1H3. The highest BCUT2D eigenvalue weighted by Crippen LogP contribution is 2.28. The van der Waals surface area contributed by atoms with E-state index in [1.165, 1.54) is 4.90 Å². The Balaban J connectivity index is 2.04. The van der Waals surface area contributed by atoms with E-state index >= 15 is 0 Å². The molecule has 21 heavy (non-hydrogen) atoms. The van der Waals surface area contributed by atoms with Crippen molar-refractivity contribution in [2.75, 3.05) is 11.9 Å². The van der Waals surface area contributed by atoms with E-state index in [9.17, 15) is 9.90 Å². The molecular formula is C17H14N2O2. The molecule has 0 bridgehead atoms. The average molecular weight is 278 g/mol. The zero-order valence-corrected chi connectivity index (χ0v) is 11.5. The number of fused-ring (bicyclic) bond motifs is 1. The number of para-hydroxylation sites is 1. The summed E-state index contributed by atoms with van der Waals surface area (Å²) in [5, 5.41) is 11.1. The number of benzene rings is 2. The molecule has 0 saturated carbocycles. The summed E-state index contributed by atoms with van der Waals surface area (Å²) < 4.78 is 0. The molecule has 0 aliphatic heterocycles. The lowest BCUT2D eigenvalue weighted by molar-refractivity contribution is 0.0990. The van der Waals surface area contributed by atoms with Crippen LogP contribution in [-0.2, 0) is 0 Å². The number of nitrogens with zero attached hydrogens (tertiary/aromatic N) is 2. The van der Waals surface area contributed by atoms with Gasteiger partial charge in [-0.05, 0) is 24.3 Å². The summed E-state index contributed by atoms with van der Waals surface area (Å²) in [4.78, 5) is 18.2. The maximum atomic E-state index is 12.5. The number of amides is 1. The van der Waals surface area contributed by atoms with Crippen LogP contribution in [0, 0.1) is 0 Å². The predicted octanol–water partition coefficient (Wildman–Crippen LogP) is 3.22. The van der Waals surface area contributed by atoms with Gasteiger partial charge in [-0.1, -0.05) is 30.3 Å². The Kier molecular flexibility index (Phi) is 3.28. The van der Waals surface area contributed by atoms with Gasteiger partial charge in [-0.25, -0.2) is 0 Å². The van der Waals surface area contributed by atoms with Crippen molar-refractivity contribution >= 4 is 22.5 Å². The maximum absolute atomic E-state index is 12.5. The first-order valence-corrected chi connectivity index (χ1v) is 6.58. The Labute approximate surface area is 122 Å². The van der Waals surface area contributed by atoms with Crippen LogP contribution < -0.4 is 4.90 Å². The Hall–Kier alpha value is -2.88. The summed E-state index contributed by atoms with van der Waals surface area (Å²) in [5.74, 6) is -0.355. The number of rotatable bonds is 2. The summed E-state index contributed by atoms with van der Waals surface area (Å²) in [6, 6.07) is 16.3. The molecule has 4 nitrogen and oxygen atoms in total. The molecule has 0 saturated heterocycles. The van der Waals surface area contributed by atoms with E-state index in [-0.39, 0.29) is 17.2 Å². The number of carbonyl (C=O) groups is 1. The normalized spacial score (nSPS) is 10.5. The van der Waals surface area contributed by atoms with E-state index in [0.29, 0.717) is 5.52 Å². The van der Waals surface area contributed by atoms with Gasteiger partial charge in [-0.15, -0.1) is 0 Å². The predicted molar refractivity (Wildman–Crippen MR) is 82.6 cm³/mol. The first-order valence-electron chi connectivity index (χ1n) is 6.58. The van der Waals surface area contributed by atoms with Gasteiger partial charge < -0.3 is 10.0 Å². The van der Waals surface area contributed by atoms with Gasteiger partial charge in [0.05, 0.1) is 5.56 Å². The Morgan fingerprint density at radius 1 is 1.05 bits per heavy atom. The number of pyridine rings is 1. The highest BCUT2D eigenvalue weighted by Gasteiger charge is 2.19. The zero-order valence-electron chi connectivity index (χ0n) is 11.5. The Bertz CT molecular complexity index is 800. The van der Waals surface area contributed by atoms with Crippen molar-refractivity contribution < 1.29 is 9.90 Å². The van der Waals surface area contributed by atoms with Gasteiger partial charge in [0, 0.05) is 24.3 Å². The molecule has 1 N–H and O–H groups in total. The molecule has 0 atom stereocenters. The van der Waals surface area contributed by atoms with Gasteiger partial charge in [-0.2, -0.15) is 0 Å². The van der Waals surface area contributed by atoms with Crippen LogP contribution in [0.5, 0.6) is 5.75 Å². The smallest absolute Gasteiger partial charge is 0.261 e. The summed E-state index contributed by atoms with van der Waals surface area (Å²) in [7, 11) is 1.68. The number of anilines is 1. The highest BCUT2D eigenvalue weighted by atomic mass is 16.3. The molecule has 3 rings (SSSR count). The number of aromatic hydroxyl groups is 1. The van der Waals surface area contributed by atoms with E-state index in [4.69, 9.17) is 0 Å². The molecule has 2 aromatic carbocycles. The van der Waals surface area contributed by atoms with Crippen LogP contribution in [0.3, 0.4) is 0 Å². The van der Waals surface area contributed by atoms with Crippen LogP contribution in [0.1, 0.15) is 10.4 Å². The largest absolute Gasteiger partial charge is 0.505 e. The van der Waals surface area contributed by atoms with Crippen LogP contribution in [0.4, 0.5) is 5.69 Å². The minimum atomic E-state index is -0.272. The molecule has 0 spiro atoms. The SMILES string of the molecule is CN(C(=O)c1ccc2cccnc2c1O)c1ccccc1. The number of hydrogen-bond acceptors (Lipinski definition) is 3. The van der Waals surface area contributed by atoms with E-state index in [2.05, 4.69) is 4.98 Å². The molecule has 0 radical (unpaired) electrons. The fourth-order valence-electron chi connectivity index (χ4n) is 2.25. The second-order valence-electron chi connectivity index (χ2n) is 4.74. The number of aromatic nitrogens is 1. The summed E-state index contributed by atoms with van der Waals surface area (Å²) in [6.45, 7) is 0. The molecule has 0 unspecified atom stereocenters.